The summed E-state index contributed by atoms with van der Waals surface area (Å²) < 4.78 is 6.42. The van der Waals surface area contributed by atoms with Crippen LogP contribution >= 0.6 is 0 Å². The van der Waals surface area contributed by atoms with Crippen LogP contribution < -0.4 is 0 Å². The maximum absolute atomic E-state index is 6.42. The molecular formula is C42H26O. The lowest BCUT2D eigenvalue weighted by Gasteiger charge is -2.19. The average molecular weight is 547 g/mol. The largest absolute Gasteiger partial charge is 0.455 e. The van der Waals surface area contributed by atoms with Crippen LogP contribution in [0.3, 0.4) is 0 Å². The molecule has 9 rings (SSSR count). The quantitative estimate of drug-likeness (QED) is 0.201. The van der Waals surface area contributed by atoms with Gasteiger partial charge >= 0.3 is 0 Å². The van der Waals surface area contributed by atoms with Crippen molar-refractivity contribution in [1.29, 1.82) is 0 Å². The van der Waals surface area contributed by atoms with Crippen LogP contribution in [0.4, 0.5) is 0 Å². The molecule has 0 fully saturated rings. The van der Waals surface area contributed by atoms with Crippen LogP contribution in [0.5, 0.6) is 0 Å². The van der Waals surface area contributed by atoms with Crippen LogP contribution in [0, 0.1) is 0 Å². The lowest BCUT2D eigenvalue weighted by atomic mass is 9.84. The van der Waals surface area contributed by atoms with Crippen molar-refractivity contribution >= 4 is 54.3 Å². The SMILES string of the molecule is c1cc(-c2c3ccccc3c(-c3cccc4ccccc34)c3ccccc23)cc(-c2cccc3c2oc2ccccc23)c1. The standard InChI is InChI=1S/C42H26O/c1-2-16-30-27(12-1)13-10-23-33(30)41-36-20-5-3-18-34(36)40(35-19-4-6-21-37(35)41)29-15-9-14-28(26-29)31-22-11-24-38-32-17-7-8-25-39(32)43-42(31)38/h1-26H. The van der Waals surface area contributed by atoms with Crippen molar-refractivity contribution in [3.63, 3.8) is 0 Å². The van der Waals surface area contributed by atoms with Crippen molar-refractivity contribution in [3.05, 3.63) is 158 Å². The molecule has 200 valence electrons. The van der Waals surface area contributed by atoms with Crippen LogP contribution in [0.25, 0.3) is 87.6 Å². The molecule has 1 heterocycles. The van der Waals surface area contributed by atoms with Crippen molar-refractivity contribution in [2.45, 2.75) is 0 Å². The van der Waals surface area contributed by atoms with Crippen LogP contribution in [-0.4, -0.2) is 0 Å². The van der Waals surface area contributed by atoms with Gasteiger partial charge in [0.05, 0.1) is 0 Å². The third kappa shape index (κ3) is 3.65. The lowest BCUT2D eigenvalue weighted by molar-refractivity contribution is 0.670. The molecule has 1 nitrogen and oxygen atoms in total. The smallest absolute Gasteiger partial charge is 0.143 e. The second-order valence-corrected chi connectivity index (χ2v) is 11.2. The molecule has 0 amide bonds. The summed E-state index contributed by atoms with van der Waals surface area (Å²) in [6.45, 7) is 0. The first-order valence-electron chi connectivity index (χ1n) is 14.8. The molecule has 0 spiro atoms. The molecule has 0 aliphatic carbocycles. The highest BCUT2D eigenvalue weighted by atomic mass is 16.3. The van der Waals surface area contributed by atoms with Gasteiger partial charge in [-0.1, -0.05) is 146 Å². The first kappa shape index (κ1) is 24.0. The van der Waals surface area contributed by atoms with Gasteiger partial charge in [0.1, 0.15) is 11.2 Å². The van der Waals surface area contributed by atoms with E-state index < -0.39 is 0 Å². The molecule has 0 saturated heterocycles. The number of hydrogen-bond donors (Lipinski definition) is 0. The van der Waals surface area contributed by atoms with Crippen molar-refractivity contribution in [2.24, 2.45) is 0 Å². The minimum atomic E-state index is 0.919. The molecule has 0 radical (unpaired) electrons. The fraction of sp³-hybridized carbons (Fsp3) is 0. The number of benzene rings is 8. The molecule has 9 aromatic rings. The van der Waals surface area contributed by atoms with Gasteiger partial charge in [0.25, 0.3) is 0 Å². The van der Waals surface area contributed by atoms with E-state index in [0.29, 0.717) is 0 Å². The summed E-state index contributed by atoms with van der Waals surface area (Å²) in [6, 6.07) is 56.8. The van der Waals surface area contributed by atoms with E-state index in [1.165, 1.54) is 54.6 Å². The summed E-state index contributed by atoms with van der Waals surface area (Å²) >= 11 is 0. The number of para-hydroxylation sites is 2. The van der Waals surface area contributed by atoms with Crippen molar-refractivity contribution in [1.82, 2.24) is 0 Å². The Hall–Kier alpha value is -5.66. The molecule has 0 aliphatic heterocycles. The monoisotopic (exact) mass is 546 g/mol. The van der Waals surface area contributed by atoms with Crippen LogP contribution in [0.15, 0.2) is 162 Å². The first-order valence-corrected chi connectivity index (χ1v) is 14.8. The van der Waals surface area contributed by atoms with E-state index in [2.05, 4.69) is 146 Å². The highest BCUT2D eigenvalue weighted by molar-refractivity contribution is 6.23. The highest BCUT2D eigenvalue weighted by Gasteiger charge is 2.19. The zero-order chi connectivity index (χ0) is 28.3. The molecule has 8 aromatic carbocycles. The van der Waals surface area contributed by atoms with E-state index >= 15 is 0 Å². The predicted octanol–water partition coefficient (Wildman–Crippen LogP) is 12.0. The van der Waals surface area contributed by atoms with Gasteiger partial charge < -0.3 is 4.42 Å². The molecule has 0 unspecified atom stereocenters. The summed E-state index contributed by atoms with van der Waals surface area (Å²) in [4.78, 5) is 0. The summed E-state index contributed by atoms with van der Waals surface area (Å²) in [7, 11) is 0. The molecule has 0 bridgehead atoms. The molecule has 1 aromatic heterocycles. The maximum Gasteiger partial charge on any atom is 0.143 e. The number of furan rings is 1. The Morgan fingerprint density at radius 3 is 1.60 bits per heavy atom. The van der Waals surface area contributed by atoms with E-state index in [9.17, 15) is 0 Å². The number of fused-ring (bicyclic) bond motifs is 6. The predicted molar refractivity (Wildman–Crippen MR) is 183 cm³/mol. The topological polar surface area (TPSA) is 13.1 Å². The zero-order valence-electron chi connectivity index (χ0n) is 23.4. The normalized spacial score (nSPS) is 11.7. The Morgan fingerprint density at radius 2 is 0.837 bits per heavy atom. The molecule has 0 N–H and O–H groups in total. The van der Waals surface area contributed by atoms with Crippen LogP contribution in [-0.2, 0) is 0 Å². The van der Waals surface area contributed by atoms with E-state index in [1.54, 1.807) is 0 Å². The fourth-order valence-corrected chi connectivity index (χ4v) is 6.99. The minimum absolute atomic E-state index is 0.919. The van der Waals surface area contributed by atoms with Gasteiger partial charge in [-0.05, 0) is 72.3 Å². The van der Waals surface area contributed by atoms with Gasteiger partial charge in [0.15, 0.2) is 0 Å². The Morgan fingerprint density at radius 1 is 0.326 bits per heavy atom. The molecule has 43 heavy (non-hydrogen) atoms. The van der Waals surface area contributed by atoms with Gasteiger partial charge in [0.2, 0.25) is 0 Å². The van der Waals surface area contributed by atoms with E-state index in [1.807, 2.05) is 12.1 Å². The number of rotatable bonds is 3. The zero-order valence-corrected chi connectivity index (χ0v) is 23.4. The van der Waals surface area contributed by atoms with Crippen molar-refractivity contribution in [2.75, 3.05) is 0 Å². The maximum atomic E-state index is 6.42. The van der Waals surface area contributed by atoms with Crippen LogP contribution in [0.2, 0.25) is 0 Å². The Balaban J connectivity index is 1.34. The second-order valence-electron chi connectivity index (χ2n) is 11.2. The van der Waals surface area contributed by atoms with Crippen molar-refractivity contribution in [3.8, 4) is 33.4 Å². The second kappa shape index (κ2) is 9.44. The number of hydrogen-bond acceptors (Lipinski definition) is 1. The molecule has 1 heteroatoms. The van der Waals surface area contributed by atoms with E-state index in [-0.39, 0.29) is 0 Å². The fourth-order valence-electron chi connectivity index (χ4n) is 6.99. The lowest BCUT2D eigenvalue weighted by Crippen LogP contribution is -1.92. The Labute approximate surface area is 249 Å². The molecule has 0 aliphatic rings. The third-order valence-corrected chi connectivity index (χ3v) is 8.86. The molecular weight excluding hydrogens is 520 g/mol. The Bertz CT molecular complexity index is 2450. The van der Waals surface area contributed by atoms with E-state index in [0.717, 1.165) is 33.1 Å². The van der Waals surface area contributed by atoms with Gasteiger partial charge in [-0.15, -0.1) is 0 Å². The summed E-state index contributed by atoms with van der Waals surface area (Å²) in [5.74, 6) is 0. The summed E-state index contributed by atoms with van der Waals surface area (Å²) in [6.07, 6.45) is 0. The van der Waals surface area contributed by atoms with Crippen LogP contribution in [0.1, 0.15) is 0 Å². The van der Waals surface area contributed by atoms with Gasteiger partial charge in [-0.3, -0.25) is 0 Å². The Kier molecular flexibility index (Phi) is 5.27. The van der Waals surface area contributed by atoms with Gasteiger partial charge in [0, 0.05) is 16.3 Å². The highest BCUT2D eigenvalue weighted by Crippen LogP contribution is 2.46. The van der Waals surface area contributed by atoms with Gasteiger partial charge in [-0.2, -0.15) is 0 Å². The van der Waals surface area contributed by atoms with E-state index in [4.69, 9.17) is 4.42 Å². The minimum Gasteiger partial charge on any atom is -0.455 e. The summed E-state index contributed by atoms with van der Waals surface area (Å²) in [5.41, 5.74) is 9.11. The summed E-state index contributed by atoms with van der Waals surface area (Å²) in [5, 5.41) is 9.85. The third-order valence-electron chi connectivity index (χ3n) is 8.86. The molecule has 0 saturated carbocycles. The average Bonchev–Trinajstić information content (AvgIpc) is 3.46. The molecule has 0 atom stereocenters. The van der Waals surface area contributed by atoms with Gasteiger partial charge in [-0.25, -0.2) is 0 Å². The first-order chi connectivity index (χ1) is 21.3. The van der Waals surface area contributed by atoms with Crippen molar-refractivity contribution < 1.29 is 4.42 Å².